The largest absolute Gasteiger partial charge is 0.251 e. The van der Waals surface area contributed by atoms with Crippen LogP contribution in [0, 0.1) is 17.2 Å². The topological polar surface area (TPSA) is 23.8 Å². The molecule has 0 amide bonds. The van der Waals surface area contributed by atoms with Crippen molar-refractivity contribution in [3.8, 4) is 6.07 Å². The minimum Gasteiger partial charge on any atom is -0.251 e. The first-order valence-corrected chi connectivity index (χ1v) is 2.34. The lowest BCUT2D eigenvalue weighted by Gasteiger charge is -1.98. The number of hydrogen-bond acceptors (Lipinski definition) is 1. The minimum atomic E-state index is -0.732. The Balaban J connectivity index is 3.25. The Bertz CT molecular complexity index is 82.9. The van der Waals surface area contributed by atoms with Crippen LogP contribution >= 0.6 is 0 Å². The second-order valence-corrected chi connectivity index (χ2v) is 1.54. The first-order valence-electron chi connectivity index (χ1n) is 2.34. The van der Waals surface area contributed by atoms with Crippen LogP contribution in [-0.2, 0) is 0 Å². The van der Waals surface area contributed by atoms with Crippen molar-refractivity contribution in [1.82, 2.24) is 0 Å². The summed E-state index contributed by atoms with van der Waals surface area (Å²) in [6.07, 6.45) is -0.0208. The summed E-state index contributed by atoms with van der Waals surface area (Å²) in [6, 6.07) is 1.69. The summed E-state index contributed by atoms with van der Waals surface area (Å²) in [7, 11) is 0. The van der Waals surface area contributed by atoms with Crippen LogP contribution in [-0.4, -0.2) is 13.3 Å². The van der Waals surface area contributed by atoms with Gasteiger partial charge in [0.05, 0.1) is 19.4 Å². The lowest BCUT2D eigenvalue weighted by atomic mass is 10.1. The van der Waals surface area contributed by atoms with Crippen LogP contribution in [0.25, 0.3) is 0 Å². The molecule has 0 aromatic rings. The van der Waals surface area contributed by atoms with Crippen LogP contribution in [0.15, 0.2) is 0 Å². The predicted molar refractivity (Wildman–Crippen MR) is 25.7 cm³/mol. The summed E-state index contributed by atoms with van der Waals surface area (Å²) in [5.74, 6) is -0.694. The maximum absolute atomic E-state index is 11.5. The van der Waals surface area contributed by atoms with Gasteiger partial charge in [-0.3, -0.25) is 8.78 Å². The summed E-state index contributed by atoms with van der Waals surface area (Å²) in [6.45, 7) is -1.46. The van der Waals surface area contributed by atoms with Crippen molar-refractivity contribution in [3.63, 3.8) is 0 Å². The maximum Gasteiger partial charge on any atom is 0.0957 e. The minimum absolute atomic E-state index is 0.0208. The van der Waals surface area contributed by atoms with E-state index in [2.05, 4.69) is 0 Å². The molecule has 0 fully saturated rings. The second-order valence-electron chi connectivity index (χ2n) is 1.54. The smallest absolute Gasteiger partial charge is 0.0957 e. The highest BCUT2D eigenvalue weighted by atomic mass is 19.1. The molecule has 0 saturated heterocycles. The van der Waals surface area contributed by atoms with Gasteiger partial charge in [-0.1, -0.05) is 0 Å². The van der Waals surface area contributed by atoms with Gasteiger partial charge in [-0.05, 0) is 0 Å². The third-order valence-corrected chi connectivity index (χ3v) is 0.816. The first kappa shape index (κ1) is 7.35. The standard InChI is InChI=1S/C5H7F2N/c6-3-5(4-7)1-2-8/h5H,1,3-4H2. The number of nitrogens with zero attached hydrogens (tertiary/aromatic N) is 1. The van der Waals surface area contributed by atoms with Crippen LogP contribution in [0.4, 0.5) is 8.78 Å². The summed E-state index contributed by atoms with van der Waals surface area (Å²) in [5.41, 5.74) is 0. The third kappa shape index (κ3) is 2.51. The van der Waals surface area contributed by atoms with E-state index in [9.17, 15) is 8.78 Å². The van der Waals surface area contributed by atoms with Crippen molar-refractivity contribution in [2.45, 2.75) is 6.42 Å². The average molecular weight is 119 g/mol. The Morgan fingerprint density at radius 3 is 2.00 bits per heavy atom. The van der Waals surface area contributed by atoms with E-state index in [-0.39, 0.29) is 6.42 Å². The number of rotatable bonds is 3. The van der Waals surface area contributed by atoms with Gasteiger partial charge in [0.1, 0.15) is 0 Å². The van der Waals surface area contributed by atoms with Gasteiger partial charge in [-0.2, -0.15) is 5.26 Å². The Morgan fingerprint density at radius 2 is 1.88 bits per heavy atom. The summed E-state index contributed by atoms with van der Waals surface area (Å²) < 4.78 is 22.9. The van der Waals surface area contributed by atoms with Crippen molar-refractivity contribution < 1.29 is 8.78 Å². The van der Waals surface area contributed by atoms with E-state index in [1.807, 2.05) is 0 Å². The molecule has 46 valence electrons. The van der Waals surface area contributed by atoms with Gasteiger partial charge in [0.25, 0.3) is 0 Å². The second kappa shape index (κ2) is 4.51. The van der Waals surface area contributed by atoms with Crippen molar-refractivity contribution >= 4 is 0 Å². The Labute approximate surface area is 46.9 Å². The normalized spacial score (nSPS) is 9.25. The molecular weight excluding hydrogens is 112 g/mol. The van der Waals surface area contributed by atoms with Crippen LogP contribution in [0.2, 0.25) is 0 Å². The van der Waals surface area contributed by atoms with Gasteiger partial charge in [-0.25, -0.2) is 0 Å². The molecule has 8 heavy (non-hydrogen) atoms. The van der Waals surface area contributed by atoms with E-state index in [1.54, 1.807) is 6.07 Å². The van der Waals surface area contributed by atoms with Crippen molar-refractivity contribution in [3.05, 3.63) is 0 Å². The first-order chi connectivity index (χ1) is 3.85. The molecule has 3 heteroatoms. The number of halogens is 2. The fourth-order valence-electron chi connectivity index (χ4n) is 0.279. The van der Waals surface area contributed by atoms with Gasteiger partial charge in [-0.15, -0.1) is 0 Å². The molecule has 0 unspecified atom stereocenters. The summed E-state index contributed by atoms with van der Waals surface area (Å²) in [4.78, 5) is 0. The van der Waals surface area contributed by atoms with Gasteiger partial charge < -0.3 is 0 Å². The van der Waals surface area contributed by atoms with Gasteiger partial charge in [0.2, 0.25) is 0 Å². The van der Waals surface area contributed by atoms with Crippen LogP contribution in [0.5, 0.6) is 0 Å². The van der Waals surface area contributed by atoms with E-state index in [0.29, 0.717) is 0 Å². The molecule has 0 aromatic carbocycles. The predicted octanol–water partition coefficient (Wildman–Crippen LogP) is 1.46. The Morgan fingerprint density at radius 1 is 1.38 bits per heavy atom. The van der Waals surface area contributed by atoms with Crippen LogP contribution < -0.4 is 0 Å². The zero-order valence-electron chi connectivity index (χ0n) is 4.40. The molecule has 0 rings (SSSR count). The molecule has 0 N–H and O–H groups in total. The van der Waals surface area contributed by atoms with E-state index < -0.39 is 19.3 Å². The van der Waals surface area contributed by atoms with Crippen molar-refractivity contribution in [1.29, 1.82) is 5.26 Å². The highest BCUT2D eigenvalue weighted by molar-refractivity contribution is 4.74. The van der Waals surface area contributed by atoms with E-state index in [0.717, 1.165) is 0 Å². The molecule has 0 aromatic heterocycles. The van der Waals surface area contributed by atoms with Crippen LogP contribution in [0.3, 0.4) is 0 Å². The molecule has 0 aliphatic heterocycles. The van der Waals surface area contributed by atoms with E-state index in [4.69, 9.17) is 5.26 Å². The zero-order valence-corrected chi connectivity index (χ0v) is 4.40. The zero-order chi connectivity index (χ0) is 6.41. The number of hydrogen-bond donors (Lipinski definition) is 0. The summed E-state index contributed by atoms with van der Waals surface area (Å²) in [5, 5.41) is 7.92. The van der Waals surface area contributed by atoms with E-state index in [1.165, 1.54) is 0 Å². The molecular formula is C5H7F2N. The molecule has 0 radical (unpaired) electrons. The van der Waals surface area contributed by atoms with Crippen LogP contribution in [0.1, 0.15) is 6.42 Å². The molecule has 1 nitrogen and oxygen atoms in total. The quantitative estimate of drug-likeness (QED) is 0.551. The molecule has 0 atom stereocenters. The molecule has 0 spiro atoms. The third-order valence-electron chi connectivity index (χ3n) is 0.816. The van der Waals surface area contributed by atoms with Gasteiger partial charge in [0, 0.05) is 12.3 Å². The number of nitriles is 1. The highest BCUT2D eigenvalue weighted by Crippen LogP contribution is 2.02. The molecule has 0 heterocycles. The Hall–Kier alpha value is -0.650. The average Bonchev–Trinajstić information content (AvgIpc) is 1.83. The Kier molecular flexibility index (Phi) is 4.14. The molecule has 0 bridgehead atoms. The maximum atomic E-state index is 11.5. The number of alkyl halides is 2. The van der Waals surface area contributed by atoms with Crippen molar-refractivity contribution in [2.24, 2.45) is 5.92 Å². The summed E-state index contributed by atoms with van der Waals surface area (Å²) >= 11 is 0. The lowest BCUT2D eigenvalue weighted by molar-refractivity contribution is 0.293. The highest BCUT2D eigenvalue weighted by Gasteiger charge is 2.04. The lowest BCUT2D eigenvalue weighted by Crippen LogP contribution is -2.03. The fraction of sp³-hybridized carbons (Fsp3) is 0.800. The van der Waals surface area contributed by atoms with Gasteiger partial charge >= 0.3 is 0 Å². The molecule has 0 aliphatic carbocycles. The van der Waals surface area contributed by atoms with E-state index >= 15 is 0 Å². The monoisotopic (exact) mass is 119 g/mol. The molecule has 0 saturated carbocycles. The van der Waals surface area contributed by atoms with Gasteiger partial charge in [0.15, 0.2) is 0 Å². The SMILES string of the molecule is N#CCC(CF)CF. The fourth-order valence-corrected chi connectivity index (χ4v) is 0.279. The molecule has 0 aliphatic rings. The van der Waals surface area contributed by atoms with Crippen molar-refractivity contribution in [2.75, 3.05) is 13.3 Å².